The summed E-state index contributed by atoms with van der Waals surface area (Å²) in [7, 11) is 0. The van der Waals surface area contributed by atoms with Crippen molar-refractivity contribution < 1.29 is 9.72 Å². The molecule has 4 nitrogen and oxygen atoms in total. The van der Waals surface area contributed by atoms with Gasteiger partial charge in [-0.2, -0.15) is 0 Å². The van der Waals surface area contributed by atoms with E-state index in [4.69, 9.17) is 0 Å². The molecule has 0 atom stereocenters. The normalized spacial score (nSPS) is 11.1. The maximum atomic E-state index is 11.7. The summed E-state index contributed by atoms with van der Waals surface area (Å²) in [6.07, 6.45) is 6.31. The van der Waals surface area contributed by atoms with E-state index in [0.29, 0.717) is 0 Å². The Bertz CT molecular complexity index is 726. The van der Waals surface area contributed by atoms with Crippen molar-refractivity contribution in [3.63, 3.8) is 0 Å². The van der Waals surface area contributed by atoms with Gasteiger partial charge in [0.05, 0.1) is 4.92 Å². The molecule has 0 heterocycles. The van der Waals surface area contributed by atoms with Gasteiger partial charge in [-0.15, -0.1) is 0 Å². The number of carbonyl (C=O) groups is 1. The molecule has 110 valence electrons. The molecule has 2 aromatic carbocycles. The monoisotopic (exact) mass is 293 g/mol. The van der Waals surface area contributed by atoms with Gasteiger partial charge in [0.25, 0.3) is 5.69 Å². The van der Waals surface area contributed by atoms with Gasteiger partial charge in [-0.1, -0.05) is 42.0 Å². The van der Waals surface area contributed by atoms with E-state index in [-0.39, 0.29) is 11.5 Å². The molecule has 0 spiro atoms. The van der Waals surface area contributed by atoms with E-state index in [2.05, 4.69) is 0 Å². The lowest BCUT2D eigenvalue weighted by Crippen LogP contribution is -1.87. The summed E-state index contributed by atoms with van der Waals surface area (Å²) in [5.41, 5.74) is 2.90. The number of allylic oxidation sites excluding steroid dienone is 2. The Morgan fingerprint density at radius 3 is 1.82 bits per heavy atom. The summed E-state index contributed by atoms with van der Waals surface area (Å²) < 4.78 is 0. The first kappa shape index (κ1) is 15.4. The zero-order valence-electron chi connectivity index (χ0n) is 12.1. The molecule has 0 aromatic heterocycles. The van der Waals surface area contributed by atoms with Gasteiger partial charge in [0.2, 0.25) is 0 Å². The molecule has 0 aliphatic carbocycles. The first-order valence-corrected chi connectivity index (χ1v) is 6.76. The largest absolute Gasteiger partial charge is 0.290 e. The number of nitro benzene ring substituents is 1. The predicted octanol–water partition coefficient (Wildman–Crippen LogP) is 4.20. The fourth-order valence-corrected chi connectivity index (χ4v) is 1.80. The van der Waals surface area contributed by atoms with Crippen molar-refractivity contribution in [2.24, 2.45) is 0 Å². The van der Waals surface area contributed by atoms with Crippen LogP contribution in [0, 0.1) is 17.0 Å². The maximum absolute atomic E-state index is 11.7. The standard InChI is InChI=1S/C18H15NO3/c1-14-2-4-15(5-3-14)8-12-18(20)13-9-16-6-10-17(11-7-16)19(21)22/h2-13H,1H3/b12-8+,13-9+. The van der Waals surface area contributed by atoms with Gasteiger partial charge in [-0.05, 0) is 42.3 Å². The van der Waals surface area contributed by atoms with E-state index in [9.17, 15) is 14.9 Å². The summed E-state index contributed by atoms with van der Waals surface area (Å²) in [6.45, 7) is 2.01. The van der Waals surface area contributed by atoms with Crippen LogP contribution < -0.4 is 0 Å². The summed E-state index contributed by atoms with van der Waals surface area (Å²) in [5.74, 6) is -0.140. The van der Waals surface area contributed by atoms with Gasteiger partial charge in [0.15, 0.2) is 5.78 Å². The molecule has 0 saturated carbocycles. The molecule has 22 heavy (non-hydrogen) atoms. The Morgan fingerprint density at radius 2 is 1.36 bits per heavy atom. The molecular formula is C18H15NO3. The third-order valence-corrected chi connectivity index (χ3v) is 3.06. The minimum absolute atomic E-state index is 0.0303. The second kappa shape index (κ2) is 7.13. The number of aryl methyl sites for hydroxylation is 1. The zero-order valence-corrected chi connectivity index (χ0v) is 12.1. The number of hydrogen-bond donors (Lipinski definition) is 0. The van der Waals surface area contributed by atoms with Gasteiger partial charge in [0.1, 0.15) is 0 Å². The van der Waals surface area contributed by atoms with Crippen LogP contribution in [0.15, 0.2) is 60.7 Å². The molecule has 0 amide bonds. The highest BCUT2D eigenvalue weighted by Crippen LogP contribution is 2.13. The molecule has 2 rings (SSSR count). The molecule has 0 aliphatic rings. The van der Waals surface area contributed by atoms with Crippen LogP contribution in [0.2, 0.25) is 0 Å². The predicted molar refractivity (Wildman–Crippen MR) is 87.4 cm³/mol. The van der Waals surface area contributed by atoms with Crippen LogP contribution in [0.1, 0.15) is 16.7 Å². The maximum Gasteiger partial charge on any atom is 0.269 e. The Labute approximate surface area is 128 Å². The molecule has 0 N–H and O–H groups in total. The van der Waals surface area contributed by atoms with Crippen LogP contribution in [-0.4, -0.2) is 10.7 Å². The van der Waals surface area contributed by atoms with E-state index < -0.39 is 4.92 Å². The van der Waals surface area contributed by atoms with Crippen molar-refractivity contribution >= 4 is 23.6 Å². The highest BCUT2D eigenvalue weighted by molar-refractivity contribution is 6.04. The van der Waals surface area contributed by atoms with Crippen molar-refractivity contribution in [3.8, 4) is 0 Å². The minimum atomic E-state index is -0.455. The van der Waals surface area contributed by atoms with Gasteiger partial charge in [0, 0.05) is 12.1 Å². The lowest BCUT2D eigenvalue weighted by molar-refractivity contribution is -0.384. The third kappa shape index (κ3) is 4.52. The molecule has 2 aromatic rings. The van der Waals surface area contributed by atoms with Crippen LogP contribution in [0.3, 0.4) is 0 Å². The Balaban J connectivity index is 1.98. The summed E-state index contributed by atoms with van der Waals surface area (Å²) in [4.78, 5) is 21.8. The summed E-state index contributed by atoms with van der Waals surface area (Å²) in [5, 5.41) is 10.5. The molecule has 0 unspecified atom stereocenters. The zero-order chi connectivity index (χ0) is 15.9. The SMILES string of the molecule is Cc1ccc(/C=C/C(=O)/C=C/c2ccc([N+](=O)[O-])cc2)cc1. The van der Waals surface area contributed by atoms with Crippen molar-refractivity contribution in [2.45, 2.75) is 6.92 Å². The van der Waals surface area contributed by atoms with Crippen molar-refractivity contribution in [1.29, 1.82) is 0 Å². The second-order valence-corrected chi connectivity index (χ2v) is 4.83. The highest BCUT2D eigenvalue weighted by Gasteiger charge is 2.02. The van der Waals surface area contributed by atoms with E-state index in [1.54, 1.807) is 24.3 Å². The lowest BCUT2D eigenvalue weighted by Gasteiger charge is -1.94. The number of nitrogens with zero attached hydrogens (tertiary/aromatic N) is 1. The Morgan fingerprint density at radius 1 is 0.909 bits per heavy atom. The number of hydrogen-bond acceptors (Lipinski definition) is 3. The van der Waals surface area contributed by atoms with E-state index in [0.717, 1.165) is 11.1 Å². The van der Waals surface area contributed by atoms with Gasteiger partial charge >= 0.3 is 0 Å². The smallest absolute Gasteiger partial charge is 0.269 e. The number of rotatable bonds is 5. The van der Waals surface area contributed by atoms with E-state index in [1.165, 1.54) is 29.8 Å². The average Bonchev–Trinajstić information content (AvgIpc) is 2.52. The number of benzene rings is 2. The quantitative estimate of drug-likeness (QED) is 0.471. The van der Waals surface area contributed by atoms with Crippen LogP contribution in [0.4, 0.5) is 5.69 Å². The molecule has 0 radical (unpaired) electrons. The molecular weight excluding hydrogens is 278 g/mol. The Kier molecular flexibility index (Phi) is 4.98. The highest BCUT2D eigenvalue weighted by atomic mass is 16.6. The molecule has 0 aliphatic heterocycles. The first-order valence-electron chi connectivity index (χ1n) is 6.76. The van der Waals surface area contributed by atoms with Crippen LogP contribution in [-0.2, 0) is 4.79 Å². The fourth-order valence-electron chi connectivity index (χ4n) is 1.80. The lowest BCUT2D eigenvalue weighted by atomic mass is 10.1. The number of nitro groups is 1. The van der Waals surface area contributed by atoms with E-state index >= 15 is 0 Å². The van der Waals surface area contributed by atoms with Crippen molar-refractivity contribution in [1.82, 2.24) is 0 Å². The first-order chi connectivity index (χ1) is 10.5. The van der Waals surface area contributed by atoms with Gasteiger partial charge in [-0.25, -0.2) is 0 Å². The average molecular weight is 293 g/mol. The van der Waals surface area contributed by atoms with Crippen molar-refractivity contribution in [2.75, 3.05) is 0 Å². The van der Waals surface area contributed by atoms with Crippen LogP contribution in [0.5, 0.6) is 0 Å². The van der Waals surface area contributed by atoms with Crippen molar-refractivity contribution in [3.05, 3.63) is 87.5 Å². The molecule has 4 heteroatoms. The van der Waals surface area contributed by atoms with Gasteiger partial charge < -0.3 is 0 Å². The summed E-state index contributed by atoms with van der Waals surface area (Å²) >= 11 is 0. The van der Waals surface area contributed by atoms with Gasteiger partial charge in [-0.3, -0.25) is 14.9 Å². The second-order valence-electron chi connectivity index (χ2n) is 4.83. The molecule has 0 saturated heterocycles. The number of non-ortho nitro benzene ring substituents is 1. The fraction of sp³-hybridized carbons (Fsp3) is 0.0556. The minimum Gasteiger partial charge on any atom is -0.290 e. The van der Waals surface area contributed by atoms with Crippen LogP contribution >= 0.6 is 0 Å². The third-order valence-electron chi connectivity index (χ3n) is 3.06. The number of ketones is 1. The van der Waals surface area contributed by atoms with Crippen LogP contribution in [0.25, 0.3) is 12.2 Å². The summed E-state index contributed by atoms with van der Waals surface area (Å²) in [6, 6.07) is 13.9. The molecule has 0 bridgehead atoms. The molecule has 0 fully saturated rings. The number of carbonyl (C=O) groups excluding carboxylic acids is 1. The Hall–Kier alpha value is -3.01. The topological polar surface area (TPSA) is 60.2 Å². The van der Waals surface area contributed by atoms with E-state index in [1.807, 2.05) is 31.2 Å².